The van der Waals surface area contributed by atoms with Gasteiger partial charge < -0.3 is 14.8 Å². The van der Waals surface area contributed by atoms with Crippen LogP contribution in [0.5, 0.6) is 0 Å². The minimum atomic E-state index is -2.30. The van der Waals surface area contributed by atoms with Crippen LogP contribution in [0.15, 0.2) is 0 Å². The van der Waals surface area contributed by atoms with Crippen LogP contribution in [-0.2, 0) is 4.57 Å². The van der Waals surface area contributed by atoms with Crippen LogP contribution in [0.2, 0.25) is 0 Å². The molecule has 2 atom stereocenters. The summed E-state index contributed by atoms with van der Waals surface area (Å²) < 4.78 is 11.4. The topological polar surface area (TPSA) is 57.5 Å². The minimum absolute atomic E-state index is 0. The Morgan fingerprint density at radius 1 is 1.10 bits per heavy atom. The van der Waals surface area contributed by atoms with E-state index < -0.39 is 14.3 Å². The van der Waals surface area contributed by atoms with Gasteiger partial charge in [0.15, 0.2) is 0 Å². The second-order valence-corrected chi connectivity index (χ2v) is 13.3. The van der Waals surface area contributed by atoms with Crippen molar-refractivity contribution in [3.8, 4) is 0 Å². The third-order valence-corrected chi connectivity index (χ3v) is 9.14. The summed E-state index contributed by atoms with van der Waals surface area (Å²) in [7, 11) is -2.75. The number of hydrogen-bond acceptors (Lipinski definition) is 3. The SMILES string of the molecule is C.CC(C)(C)[P@@](C)(=O)CO.II.[BH3-][P+](C)(CO)C(C)(C)C. The average Bonchev–Trinajstić information content (AvgIpc) is 2.29. The Morgan fingerprint density at radius 3 is 1.38 bits per heavy atom. The highest BCUT2D eigenvalue weighted by Gasteiger charge is 2.32. The van der Waals surface area contributed by atoms with E-state index in [2.05, 4.69) is 64.7 Å². The van der Waals surface area contributed by atoms with Crippen molar-refractivity contribution in [2.75, 3.05) is 26.0 Å². The van der Waals surface area contributed by atoms with E-state index in [1.54, 1.807) is 6.66 Å². The molecule has 0 aliphatic rings. The molecule has 0 saturated heterocycles. The van der Waals surface area contributed by atoms with Gasteiger partial charge in [0.05, 0.1) is 6.35 Å². The molecule has 3 nitrogen and oxygen atoms in total. The van der Waals surface area contributed by atoms with Crippen molar-refractivity contribution in [2.24, 2.45) is 0 Å². The fourth-order valence-corrected chi connectivity index (χ4v) is 1.27. The van der Waals surface area contributed by atoms with Crippen LogP contribution >= 0.6 is 51.5 Å². The molecular formula is C13H37BI2O3P2. The van der Waals surface area contributed by atoms with Gasteiger partial charge in [0.25, 0.3) is 0 Å². The Morgan fingerprint density at radius 2 is 1.38 bits per heavy atom. The van der Waals surface area contributed by atoms with Gasteiger partial charge in [-0.1, -0.05) is 28.2 Å². The normalized spacial score (nSPS) is 16.8. The molecule has 0 aromatic rings. The molecule has 0 saturated carbocycles. The summed E-state index contributed by atoms with van der Waals surface area (Å²) in [4.78, 5) is 0. The molecular weight excluding hydrogens is 531 g/mol. The van der Waals surface area contributed by atoms with E-state index in [4.69, 9.17) is 10.2 Å². The van der Waals surface area contributed by atoms with E-state index in [9.17, 15) is 4.57 Å². The second kappa shape index (κ2) is 12.5. The Bertz CT molecular complexity index is 301. The number of halogens is 2. The first-order chi connectivity index (χ1) is 8.62. The zero-order valence-corrected chi connectivity index (χ0v) is 19.5. The molecule has 0 amide bonds. The highest BCUT2D eigenvalue weighted by Crippen LogP contribution is 2.60. The van der Waals surface area contributed by atoms with Crippen LogP contribution in [0.3, 0.4) is 0 Å². The maximum Gasteiger partial charge on any atom is 0.130 e. The summed E-state index contributed by atoms with van der Waals surface area (Å²) in [6.45, 7) is 16.3. The molecule has 0 aromatic heterocycles. The van der Waals surface area contributed by atoms with Crippen molar-refractivity contribution in [2.45, 2.75) is 59.3 Å². The number of aliphatic hydroxyl groups is 2. The van der Waals surface area contributed by atoms with E-state index in [1.807, 2.05) is 20.8 Å². The van der Waals surface area contributed by atoms with Crippen LogP contribution in [0, 0.1) is 0 Å². The number of aliphatic hydroxyl groups excluding tert-OH is 2. The van der Waals surface area contributed by atoms with Crippen molar-refractivity contribution in [1.82, 2.24) is 0 Å². The summed E-state index contributed by atoms with van der Waals surface area (Å²) >= 11 is 4.24. The maximum absolute atomic E-state index is 11.4. The van der Waals surface area contributed by atoms with Gasteiger partial charge in [-0.3, -0.25) is 0 Å². The highest BCUT2D eigenvalue weighted by molar-refractivity contribution is 15.0. The summed E-state index contributed by atoms with van der Waals surface area (Å²) in [5, 5.41) is 17.9. The van der Waals surface area contributed by atoms with E-state index >= 15 is 0 Å². The van der Waals surface area contributed by atoms with Crippen LogP contribution in [0.4, 0.5) is 0 Å². The van der Waals surface area contributed by atoms with Gasteiger partial charge >= 0.3 is 0 Å². The van der Waals surface area contributed by atoms with E-state index in [-0.39, 0.29) is 18.9 Å². The molecule has 8 heteroatoms. The predicted molar refractivity (Wildman–Crippen MR) is 125 cm³/mol. The van der Waals surface area contributed by atoms with Crippen LogP contribution in [-0.4, -0.2) is 54.1 Å². The maximum atomic E-state index is 11.4. The monoisotopic (exact) mass is 568 g/mol. The van der Waals surface area contributed by atoms with Gasteiger partial charge in [-0.25, -0.2) is 0 Å². The summed E-state index contributed by atoms with van der Waals surface area (Å²) in [5.41, 5.74) is 0. The third kappa shape index (κ3) is 13.1. The zero-order chi connectivity index (χ0) is 17.4. The smallest absolute Gasteiger partial charge is 0.130 e. The molecule has 21 heavy (non-hydrogen) atoms. The first-order valence-corrected chi connectivity index (χ1v) is 16.5. The van der Waals surface area contributed by atoms with Crippen molar-refractivity contribution in [1.29, 1.82) is 0 Å². The predicted octanol–water partition coefficient (Wildman–Crippen LogP) is 4.80. The Hall–Kier alpha value is 2.10. The minimum Gasteiger partial charge on any atom is -0.389 e. The van der Waals surface area contributed by atoms with Crippen LogP contribution < -0.4 is 0 Å². The lowest BCUT2D eigenvalue weighted by Gasteiger charge is -2.36. The lowest BCUT2D eigenvalue weighted by molar-refractivity contribution is 0.353. The fraction of sp³-hybridized carbons (Fsp3) is 1.00. The molecule has 0 heterocycles. The molecule has 134 valence electrons. The molecule has 0 rings (SSSR count). The van der Waals surface area contributed by atoms with Crippen molar-refractivity contribution < 1.29 is 14.8 Å². The van der Waals surface area contributed by atoms with Gasteiger partial charge in [-0.15, -0.1) is 7.14 Å². The van der Waals surface area contributed by atoms with Gasteiger partial charge in [0, 0.05) is 54.2 Å². The summed E-state index contributed by atoms with van der Waals surface area (Å²) in [6, 6.07) is 0. The van der Waals surface area contributed by atoms with Crippen molar-refractivity contribution in [3.63, 3.8) is 0 Å². The first kappa shape index (κ1) is 30.9. The zero-order valence-electron chi connectivity index (χ0n) is 13.4. The van der Waals surface area contributed by atoms with Gasteiger partial charge in [-0.05, 0) is 27.4 Å². The lowest BCUT2D eigenvalue weighted by Crippen LogP contribution is -2.21. The second-order valence-electron chi connectivity index (χ2n) is 6.42. The van der Waals surface area contributed by atoms with E-state index in [0.717, 1.165) is 0 Å². The quantitative estimate of drug-likeness (QED) is 0.286. The van der Waals surface area contributed by atoms with Gasteiger partial charge in [-0.2, -0.15) is 0 Å². The third-order valence-electron chi connectivity index (χ3n) is 3.05. The molecule has 0 aliphatic carbocycles. The molecule has 1 unspecified atom stereocenters. The number of rotatable bonds is 2. The Labute approximate surface area is 158 Å². The van der Waals surface area contributed by atoms with E-state index in [1.165, 1.54) is 0 Å². The Kier molecular flexibility index (Phi) is 18.4. The standard InChI is InChI=1S/C6H18BOP.C6H15O2P.CH4.I2/c1-6(2,3)9(4,7)5-8;1-6(2,3)9(4,8)5-7;;1-2/h8H,5H2,1-4,7H3;7H,5H2,1-4H3;1H4;/t;9-;;/m.0../s1. The highest BCUT2D eigenvalue weighted by atomic mass is 128. The lowest BCUT2D eigenvalue weighted by atomic mass is 10.3. The molecule has 0 spiro atoms. The van der Waals surface area contributed by atoms with Crippen LogP contribution in [0.1, 0.15) is 49.0 Å². The molecule has 0 bridgehead atoms. The molecule has 0 aromatic carbocycles. The van der Waals surface area contributed by atoms with Crippen molar-refractivity contribution >= 4 is 59.1 Å². The Balaban J connectivity index is -0.000000118. The van der Waals surface area contributed by atoms with Gasteiger partial charge in [0.1, 0.15) is 21.1 Å². The molecule has 0 fully saturated rings. The van der Waals surface area contributed by atoms with E-state index in [0.29, 0.717) is 19.1 Å². The summed E-state index contributed by atoms with van der Waals surface area (Å²) in [6.07, 6.45) is 0.299. The largest absolute Gasteiger partial charge is 0.389 e. The fourth-order valence-electron chi connectivity index (χ4n) is 0.424. The molecule has 0 aliphatic heterocycles. The molecule has 0 radical (unpaired) electrons. The molecule has 2 N–H and O–H groups in total. The summed E-state index contributed by atoms with van der Waals surface area (Å²) in [5.74, 6) is 0. The number of hydrogen-bond donors (Lipinski definition) is 2. The van der Waals surface area contributed by atoms with Gasteiger partial charge in [0.2, 0.25) is 0 Å². The average molecular weight is 568 g/mol. The van der Waals surface area contributed by atoms with Crippen LogP contribution in [0.25, 0.3) is 0 Å². The van der Waals surface area contributed by atoms with Crippen molar-refractivity contribution in [3.05, 3.63) is 0 Å². The first-order valence-electron chi connectivity index (χ1n) is 5.93.